The van der Waals surface area contributed by atoms with E-state index in [0.717, 1.165) is 23.2 Å². The molecular weight excluding hydrogens is 316 g/mol. The van der Waals surface area contributed by atoms with Crippen LogP contribution in [0.5, 0.6) is 0 Å². The van der Waals surface area contributed by atoms with Crippen molar-refractivity contribution in [2.45, 2.75) is 13.3 Å². The maximum atomic E-state index is 12.6. The van der Waals surface area contributed by atoms with E-state index in [4.69, 9.17) is 5.10 Å². The normalized spacial score (nSPS) is 11.3. The summed E-state index contributed by atoms with van der Waals surface area (Å²) in [5.74, 6) is 0. The third-order valence-corrected chi connectivity index (χ3v) is 4.26. The molecule has 0 fully saturated rings. The van der Waals surface area contributed by atoms with Gasteiger partial charge < -0.3 is 5.01 Å². The first kappa shape index (κ1) is 15.3. The highest BCUT2D eigenvalue weighted by molar-refractivity contribution is 5.84. The maximum Gasteiger partial charge on any atom is 0.298 e. The summed E-state index contributed by atoms with van der Waals surface area (Å²) < 4.78 is 3.22. The minimum Gasteiger partial charge on any atom is -0.316 e. The van der Waals surface area contributed by atoms with Crippen LogP contribution < -0.4 is 10.6 Å². The summed E-state index contributed by atoms with van der Waals surface area (Å²) in [6.07, 6.45) is 2.49. The van der Waals surface area contributed by atoms with Gasteiger partial charge >= 0.3 is 0 Å². The predicted octanol–water partition coefficient (Wildman–Crippen LogP) is 1.87. The second-order valence-corrected chi connectivity index (χ2v) is 6.02. The van der Waals surface area contributed by atoms with E-state index in [-0.39, 0.29) is 5.56 Å². The van der Waals surface area contributed by atoms with Crippen molar-refractivity contribution in [2.75, 3.05) is 19.1 Å². The summed E-state index contributed by atoms with van der Waals surface area (Å²) in [6, 6.07) is 11.9. The molecule has 25 heavy (non-hydrogen) atoms. The number of fused-ring (bicyclic) bond motifs is 3. The van der Waals surface area contributed by atoms with E-state index in [1.54, 1.807) is 29.8 Å². The Morgan fingerprint density at radius 3 is 2.52 bits per heavy atom. The van der Waals surface area contributed by atoms with E-state index in [9.17, 15) is 4.79 Å². The van der Waals surface area contributed by atoms with Crippen LogP contribution in [0.4, 0.5) is 0 Å². The van der Waals surface area contributed by atoms with Crippen molar-refractivity contribution in [1.29, 1.82) is 0 Å². The Hall–Kier alpha value is -3.22. The number of hydrogen-bond acceptors (Lipinski definition) is 5. The van der Waals surface area contributed by atoms with E-state index < -0.39 is 0 Å². The third-order valence-electron chi connectivity index (χ3n) is 4.26. The molecule has 0 spiro atoms. The molecule has 7 nitrogen and oxygen atoms in total. The second-order valence-electron chi connectivity index (χ2n) is 6.02. The highest BCUT2D eigenvalue weighted by Crippen LogP contribution is 2.28. The molecule has 0 saturated carbocycles. The minimum absolute atomic E-state index is 0.216. The lowest BCUT2D eigenvalue weighted by molar-refractivity contribution is 0.702. The second kappa shape index (κ2) is 5.70. The molecule has 3 heterocycles. The number of rotatable bonds is 3. The molecule has 4 rings (SSSR count). The van der Waals surface area contributed by atoms with Crippen molar-refractivity contribution in [3.05, 3.63) is 58.6 Å². The number of aryl methyl sites for hydroxylation is 1. The van der Waals surface area contributed by atoms with Crippen LogP contribution >= 0.6 is 0 Å². The molecule has 0 unspecified atom stereocenters. The quantitative estimate of drug-likeness (QED) is 0.572. The van der Waals surface area contributed by atoms with Gasteiger partial charge in [-0.05, 0) is 18.1 Å². The summed E-state index contributed by atoms with van der Waals surface area (Å²) in [6.45, 7) is 2.06. The zero-order valence-corrected chi connectivity index (χ0v) is 14.3. The van der Waals surface area contributed by atoms with E-state index in [1.165, 1.54) is 4.68 Å². The van der Waals surface area contributed by atoms with Gasteiger partial charge in [0.1, 0.15) is 5.52 Å². The smallest absolute Gasteiger partial charge is 0.298 e. The van der Waals surface area contributed by atoms with Gasteiger partial charge in [-0.3, -0.25) is 4.79 Å². The molecule has 7 heteroatoms. The van der Waals surface area contributed by atoms with Crippen LogP contribution in [0.2, 0.25) is 0 Å². The fraction of sp³-hybridized carbons (Fsp3) is 0.222. The number of nitrogens with zero attached hydrogens (tertiary/aromatic N) is 6. The largest absolute Gasteiger partial charge is 0.316 e. The Morgan fingerprint density at radius 2 is 1.84 bits per heavy atom. The van der Waals surface area contributed by atoms with Crippen LogP contribution in [0.1, 0.15) is 12.6 Å². The van der Waals surface area contributed by atoms with Crippen molar-refractivity contribution in [3.63, 3.8) is 0 Å². The van der Waals surface area contributed by atoms with Crippen molar-refractivity contribution in [1.82, 2.24) is 24.5 Å². The molecule has 126 valence electrons. The van der Waals surface area contributed by atoms with E-state index in [1.807, 2.05) is 36.4 Å². The third kappa shape index (κ3) is 2.27. The first-order valence-corrected chi connectivity index (χ1v) is 8.14. The highest BCUT2D eigenvalue weighted by Gasteiger charge is 2.18. The van der Waals surface area contributed by atoms with Crippen molar-refractivity contribution in [3.8, 4) is 11.1 Å². The summed E-state index contributed by atoms with van der Waals surface area (Å²) in [5.41, 5.74) is 4.35. The molecule has 4 aromatic rings. The topological polar surface area (TPSA) is 68.3 Å². The summed E-state index contributed by atoms with van der Waals surface area (Å²) in [4.78, 5) is 12.6. The zero-order valence-electron chi connectivity index (χ0n) is 14.3. The molecule has 3 aromatic heterocycles. The SMILES string of the molecule is CCc1nn2c(nnc3c(=O)n(N(C)C)ccc32)c1-c1ccccc1. The first-order valence-electron chi connectivity index (χ1n) is 8.14. The van der Waals surface area contributed by atoms with Crippen LogP contribution in [0.3, 0.4) is 0 Å². The predicted molar refractivity (Wildman–Crippen MR) is 97.4 cm³/mol. The molecule has 0 bridgehead atoms. The van der Waals surface area contributed by atoms with Gasteiger partial charge in [-0.25, -0.2) is 9.19 Å². The number of aromatic nitrogens is 5. The van der Waals surface area contributed by atoms with Crippen molar-refractivity contribution >= 4 is 16.7 Å². The lowest BCUT2D eigenvalue weighted by Gasteiger charge is -2.15. The maximum absolute atomic E-state index is 12.6. The molecule has 0 saturated heterocycles. The van der Waals surface area contributed by atoms with Gasteiger partial charge in [0.25, 0.3) is 5.56 Å². The molecular formula is C18H18N6O. The Morgan fingerprint density at radius 1 is 1.08 bits per heavy atom. The van der Waals surface area contributed by atoms with Crippen LogP contribution in [-0.4, -0.2) is 38.6 Å². The number of benzene rings is 1. The summed E-state index contributed by atoms with van der Waals surface area (Å²) >= 11 is 0. The Labute approximate surface area is 144 Å². The molecule has 0 aliphatic carbocycles. The Balaban J connectivity index is 2.09. The van der Waals surface area contributed by atoms with Gasteiger partial charge in [0.2, 0.25) is 0 Å². The first-order chi connectivity index (χ1) is 12.1. The van der Waals surface area contributed by atoms with Gasteiger partial charge in [-0.1, -0.05) is 37.3 Å². The molecule has 0 N–H and O–H groups in total. The molecule has 0 aliphatic heterocycles. The van der Waals surface area contributed by atoms with Gasteiger partial charge in [-0.2, -0.15) is 5.10 Å². The van der Waals surface area contributed by atoms with Crippen molar-refractivity contribution < 1.29 is 0 Å². The van der Waals surface area contributed by atoms with E-state index in [0.29, 0.717) is 16.7 Å². The molecule has 0 aliphatic rings. The van der Waals surface area contributed by atoms with Crippen LogP contribution in [0.15, 0.2) is 47.4 Å². The van der Waals surface area contributed by atoms with Gasteiger partial charge in [0.05, 0.1) is 11.3 Å². The fourth-order valence-electron chi connectivity index (χ4n) is 3.04. The van der Waals surface area contributed by atoms with Crippen LogP contribution in [0, 0.1) is 0 Å². The van der Waals surface area contributed by atoms with Crippen LogP contribution in [-0.2, 0) is 6.42 Å². The molecule has 1 aromatic carbocycles. The Kier molecular flexibility index (Phi) is 3.49. The standard InChI is InChI=1S/C18H18N6O/c1-4-13-15(12-8-6-5-7-9-12)17-20-19-16-14(24(17)21-13)10-11-23(18(16)25)22(2)3/h5-11H,4H2,1-3H3. The highest BCUT2D eigenvalue weighted by atomic mass is 16.1. The zero-order chi connectivity index (χ0) is 17.6. The lowest BCUT2D eigenvalue weighted by atomic mass is 10.0. The van der Waals surface area contributed by atoms with Gasteiger partial charge in [0, 0.05) is 20.3 Å². The monoisotopic (exact) mass is 334 g/mol. The fourth-order valence-corrected chi connectivity index (χ4v) is 3.04. The average Bonchev–Trinajstić information content (AvgIpc) is 3.01. The van der Waals surface area contributed by atoms with Crippen LogP contribution in [0.25, 0.3) is 27.8 Å². The molecule has 0 atom stereocenters. The van der Waals surface area contributed by atoms with E-state index >= 15 is 0 Å². The summed E-state index contributed by atoms with van der Waals surface area (Å²) in [5, 5.41) is 15.0. The lowest BCUT2D eigenvalue weighted by Crippen LogP contribution is -2.36. The Bertz CT molecular complexity index is 1130. The number of pyridine rings is 1. The van der Waals surface area contributed by atoms with E-state index in [2.05, 4.69) is 17.1 Å². The van der Waals surface area contributed by atoms with Crippen molar-refractivity contribution in [2.24, 2.45) is 0 Å². The summed E-state index contributed by atoms with van der Waals surface area (Å²) in [7, 11) is 3.60. The van der Waals surface area contributed by atoms with Gasteiger partial charge in [-0.15, -0.1) is 10.2 Å². The number of hydrogen-bond donors (Lipinski definition) is 0. The average molecular weight is 334 g/mol. The van der Waals surface area contributed by atoms with Gasteiger partial charge in [0.15, 0.2) is 11.2 Å². The molecule has 0 amide bonds. The molecule has 0 radical (unpaired) electrons. The minimum atomic E-state index is -0.216.